The summed E-state index contributed by atoms with van der Waals surface area (Å²) in [6.45, 7) is 3.87. The van der Waals surface area contributed by atoms with Gasteiger partial charge in [-0.3, -0.25) is 14.8 Å². The molecule has 0 aliphatic carbocycles. The van der Waals surface area contributed by atoms with Gasteiger partial charge in [-0.1, -0.05) is 70.5 Å². The Balaban J connectivity index is 1.47. The first-order chi connectivity index (χ1) is 15.7. The number of nitrogens with one attached hydrogen (secondary N) is 2. The van der Waals surface area contributed by atoms with E-state index in [4.69, 9.17) is 11.6 Å². The average molecular weight is 499 g/mol. The first kappa shape index (κ1) is 22.9. The van der Waals surface area contributed by atoms with E-state index in [1.807, 2.05) is 38.1 Å². The van der Waals surface area contributed by atoms with E-state index in [-0.39, 0.29) is 21.2 Å². The van der Waals surface area contributed by atoms with Gasteiger partial charge in [0.1, 0.15) is 5.01 Å². The molecule has 0 fully saturated rings. The minimum absolute atomic E-state index is 0.0971. The van der Waals surface area contributed by atoms with Gasteiger partial charge >= 0.3 is 0 Å². The van der Waals surface area contributed by atoms with Crippen LogP contribution in [0.15, 0.2) is 71.6 Å². The number of sulfonamides is 1. The lowest BCUT2D eigenvalue weighted by Crippen LogP contribution is -2.14. The van der Waals surface area contributed by atoms with Crippen molar-refractivity contribution in [1.29, 1.82) is 0 Å². The summed E-state index contributed by atoms with van der Waals surface area (Å²) in [4.78, 5) is 12.8. The highest BCUT2D eigenvalue weighted by atomic mass is 35.5. The van der Waals surface area contributed by atoms with E-state index in [1.54, 1.807) is 12.1 Å². The molecule has 2 N–H and O–H groups in total. The zero-order valence-electron chi connectivity index (χ0n) is 17.7. The van der Waals surface area contributed by atoms with Crippen LogP contribution in [0.4, 0.5) is 10.8 Å². The molecule has 1 aromatic heterocycles. The van der Waals surface area contributed by atoms with E-state index >= 15 is 0 Å². The molecule has 0 saturated carbocycles. The van der Waals surface area contributed by atoms with E-state index in [2.05, 4.69) is 20.2 Å². The van der Waals surface area contributed by atoms with Crippen LogP contribution in [0.3, 0.4) is 0 Å². The minimum Gasteiger partial charge on any atom is -0.296 e. The molecule has 10 heteroatoms. The lowest BCUT2D eigenvalue weighted by molar-refractivity contribution is 0.102. The molecule has 4 aromatic rings. The number of hydrogen-bond donors (Lipinski definition) is 2. The fourth-order valence-corrected chi connectivity index (χ4v) is 5.01. The van der Waals surface area contributed by atoms with Gasteiger partial charge in [0.2, 0.25) is 5.13 Å². The first-order valence-electron chi connectivity index (χ1n) is 9.82. The summed E-state index contributed by atoms with van der Waals surface area (Å²) in [5.74, 6) is -0.473. The van der Waals surface area contributed by atoms with Crippen molar-refractivity contribution in [2.24, 2.45) is 0 Å². The van der Waals surface area contributed by atoms with E-state index in [1.165, 1.54) is 41.7 Å². The number of carbonyl (C=O) groups excluding carboxylic acids is 1. The van der Waals surface area contributed by atoms with Crippen LogP contribution in [-0.4, -0.2) is 24.5 Å². The summed E-state index contributed by atoms with van der Waals surface area (Å²) < 4.78 is 27.6. The predicted octanol–water partition coefficient (Wildman–Crippen LogP) is 5.53. The third kappa shape index (κ3) is 5.39. The lowest BCUT2D eigenvalue weighted by atomic mass is 10.2. The molecule has 1 amide bonds. The number of nitrogens with zero attached hydrogens (tertiary/aromatic N) is 2. The van der Waals surface area contributed by atoms with Gasteiger partial charge in [-0.05, 0) is 44.2 Å². The Labute approximate surface area is 200 Å². The van der Waals surface area contributed by atoms with Crippen LogP contribution in [0.1, 0.15) is 21.5 Å². The first-order valence-corrected chi connectivity index (χ1v) is 12.5. The lowest BCUT2D eigenvalue weighted by Gasteiger charge is -2.10. The number of aryl methyl sites for hydroxylation is 2. The number of anilines is 2. The fraction of sp³-hybridized carbons (Fsp3) is 0.0870. The van der Waals surface area contributed by atoms with Gasteiger partial charge in [-0.15, -0.1) is 10.2 Å². The SMILES string of the molecule is Cc1ccc(-c2nnc(NC(=O)c3ccc(NS(=O)(=O)c4ccc(C)cc4)cc3Cl)s2)cc1. The standard InChI is InChI=1S/C23H19ClN4O3S2/c1-14-3-7-16(8-4-14)22-26-27-23(32-22)25-21(29)19-12-9-17(13-20(19)24)28-33(30,31)18-10-5-15(2)6-11-18/h3-13,28H,1-2H3,(H,25,27,29). The highest BCUT2D eigenvalue weighted by Crippen LogP contribution is 2.28. The quantitative estimate of drug-likeness (QED) is 0.364. The second kappa shape index (κ2) is 9.30. The number of hydrogen-bond acceptors (Lipinski definition) is 6. The van der Waals surface area contributed by atoms with Crippen molar-refractivity contribution in [2.45, 2.75) is 18.7 Å². The zero-order chi connectivity index (χ0) is 23.6. The number of carbonyl (C=O) groups is 1. The monoisotopic (exact) mass is 498 g/mol. The fourth-order valence-electron chi connectivity index (χ4n) is 2.95. The van der Waals surface area contributed by atoms with Crippen LogP contribution in [0.25, 0.3) is 10.6 Å². The van der Waals surface area contributed by atoms with Gasteiger partial charge in [0, 0.05) is 5.56 Å². The number of benzene rings is 3. The molecule has 0 spiro atoms. The maximum Gasteiger partial charge on any atom is 0.261 e. The van der Waals surface area contributed by atoms with Gasteiger partial charge in [0.05, 0.1) is 21.2 Å². The molecule has 0 atom stereocenters. The summed E-state index contributed by atoms with van der Waals surface area (Å²) in [6, 6.07) is 18.6. The third-order valence-electron chi connectivity index (χ3n) is 4.74. The van der Waals surface area contributed by atoms with Gasteiger partial charge in [-0.25, -0.2) is 8.42 Å². The molecule has 0 unspecified atom stereocenters. The molecule has 0 bridgehead atoms. The predicted molar refractivity (Wildman–Crippen MR) is 131 cm³/mol. The number of amides is 1. The molecule has 1 heterocycles. The Kier molecular flexibility index (Phi) is 6.46. The van der Waals surface area contributed by atoms with Crippen molar-refractivity contribution in [1.82, 2.24) is 10.2 Å². The Morgan fingerprint density at radius 1 is 0.909 bits per heavy atom. The normalized spacial score (nSPS) is 11.2. The molecule has 0 aliphatic heterocycles. The van der Waals surface area contributed by atoms with Gasteiger partial charge in [0.25, 0.3) is 15.9 Å². The zero-order valence-corrected chi connectivity index (χ0v) is 20.1. The largest absolute Gasteiger partial charge is 0.296 e. The average Bonchev–Trinajstić information content (AvgIpc) is 3.22. The molecule has 33 heavy (non-hydrogen) atoms. The van der Waals surface area contributed by atoms with E-state index in [0.29, 0.717) is 10.1 Å². The third-order valence-corrected chi connectivity index (χ3v) is 7.34. The van der Waals surface area contributed by atoms with Crippen LogP contribution in [-0.2, 0) is 10.0 Å². The number of halogens is 1. The van der Waals surface area contributed by atoms with Gasteiger partial charge < -0.3 is 0 Å². The Morgan fingerprint density at radius 2 is 1.55 bits per heavy atom. The Hall–Kier alpha value is -3.27. The summed E-state index contributed by atoms with van der Waals surface area (Å²) >= 11 is 7.52. The van der Waals surface area contributed by atoms with Crippen LogP contribution in [0.5, 0.6) is 0 Å². The van der Waals surface area contributed by atoms with Crippen LogP contribution >= 0.6 is 22.9 Å². The molecule has 0 radical (unpaired) electrons. The second-order valence-electron chi connectivity index (χ2n) is 7.35. The number of aromatic nitrogens is 2. The molecular formula is C23H19ClN4O3S2. The van der Waals surface area contributed by atoms with Crippen molar-refractivity contribution in [3.05, 3.63) is 88.4 Å². The molecule has 3 aromatic carbocycles. The highest BCUT2D eigenvalue weighted by Gasteiger charge is 2.17. The molecule has 0 aliphatic rings. The van der Waals surface area contributed by atoms with Gasteiger partial charge in [-0.2, -0.15) is 0 Å². The Morgan fingerprint density at radius 3 is 2.18 bits per heavy atom. The molecule has 0 saturated heterocycles. The van der Waals surface area contributed by atoms with Crippen molar-refractivity contribution < 1.29 is 13.2 Å². The topological polar surface area (TPSA) is 101 Å². The van der Waals surface area contributed by atoms with Crippen LogP contribution in [0, 0.1) is 13.8 Å². The molecule has 4 rings (SSSR count). The number of rotatable bonds is 6. The van der Waals surface area contributed by atoms with E-state index in [0.717, 1.165) is 16.7 Å². The summed E-state index contributed by atoms with van der Waals surface area (Å²) in [5, 5.41) is 11.9. The highest BCUT2D eigenvalue weighted by molar-refractivity contribution is 7.92. The molecule has 168 valence electrons. The second-order valence-corrected chi connectivity index (χ2v) is 10.4. The maximum atomic E-state index is 12.7. The van der Waals surface area contributed by atoms with E-state index in [9.17, 15) is 13.2 Å². The smallest absolute Gasteiger partial charge is 0.261 e. The minimum atomic E-state index is -3.78. The van der Waals surface area contributed by atoms with Crippen molar-refractivity contribution in [3.8, 4) is 10.6 Å². The summed E-state index contributed by atoms with van der Waals surface area (Å²) in [7, 11) is -3.78. The van der Waals surface area contributed by atoms with Crippen LogP contribution in [0.2, 0.25) is 5.02 Å². The summed E-state index contributed by atoms with van der Waals surface area (Å²) in [6.07, 6.45) is 0. The van der Waals surface area contributed by atoms with Crippen molar-refractivity contribution in [3.63, 3.8) is 0 Å². The van der Waals surface area contributed by atoms with Crippen LogP contribution < -0.4 is 10.0 Å². The molecular weight excluding hydrogens is 480 g/mol. The Bertz CT molecular complexity index is 1420. The maximum absolute atomic E-state index is 12.7. The van der Waals surface area contributed by atoms with Crippen molar-refractivity contribution in [2.75, 3.05) is 10.0 Å². The van der Waals surface area contributed by atoms with Gasteiger partial charge in [0.15, 0.2) is 0 Å². The molecule has 7 nitrogen and oxygen atoms in total. The van der Waals surface area contributed by atoms with E-state index < -0.39 is 15.9 Å². The van der Waals surface area contributed by atoms with Crippen molar-refractivity contribution >= 4 is 49.7 Å². The summed E-state index contributed by atoms with van der Waals surface area (Å²) in [5.41, 5.74) is 3.42.